The first-order chi connectivity index (χ1) is 14.3. The monoisotopic (exact) mass is 424 g/mol. The fraction of sp³-hybridized carbons (Fsp3) is 0.864. The highest BCUT2D eigenvalue weighted by atomic mass is 16.6. The summed E-state index contributed by atoms with van der Waals surface area (Å²) in [5, 5.41) is 13.1. The van der Waals surface area contributed by atoms with Crippen LogP contribution in [0.4, 0.5) is 0 Å². The molecule has 30 heavy (non-hydrogen) atoms. The van der Waals surface area contributed by atoms with Crippen LogP contribution in [0.1, 0.15) is 59.8 Å². The summed E-state index contributed by atoms with van der Waals surface area (Å²) in [5.74, 6) is -2.16. The van der Waals surface area contributed by atoms with Crippen molar-refractivity contribution in [3.63, 3.8) is 0 Å². The van der Waals surface area contributed by atoms with E-state index < -0.39 is 41.6 Å². The second-order valence-electron chi connectivity index (χ2n) is 9.16. The van der Waals surface area contributed by atoms with Crippen molar-refractivity contribution in [2.75, 3.05) is 19.8 Å². The topological polar surface area (TPSA) is 105 Å². The molecule has 0 aromatic heterocycles. The van der Waals surface area contributed by atoms with E-state index in [1.54, 1.807) is 6.92 Å². The quantitative estimate of drug-likeness (QED) is 0.404. The van der Waals surface area contributed by atoms with Crippen LogP contribution < -0.4 is 5.32 Å². The van der Waals surface area contributed by atoms with Gasteiger partial charge in [0, 0.05) is 6.54 Å². The Balaban J connectivity index is 1.98. The van der Waals surface area contributed by atoms with Gasteiger partial charge in [0.15, 0.2) is 0 Å². The highest BCUT2D eigenvalue weighted by Gasteiger charge is 2.75. The molecule has 1 spiro atoms. The van der Waals surface area contributed by atoms with Gasteiger partial charge in [-0.3, -0.25) is 14.4 Å². The molecule has 0 aromatic rings. The smallest absolute Gasteiger partial charge is 0.312 e. The van der Waals surface area contributed by atoms with Gasteiger partial charge in [-0.2, -0.15) is 0 Å². The van der Waals surface area contributed by atoms with Gasteiger partial charge in [-0.15, -0.1) is 0 Å². The fourth-order valence-electron chi connectivity index (χ4n) is 5.60. The van der Waals surface area contributed by atoms with E-state index in [9.17, 15) is 19.5 Å². The minimum Gasteiger partial charge on any atom is -0.466 e. The lowest BCUT2D eigenvalue weighted by atomic mass is 9.71. The molecular weight excluding hydrogens is 388 g/mol. The second-order valence-corrected chi connectivity index (χ2v) is 9.16. The Morgan fingerprint density at radius 3 is 2.70 bits per heavy atom. The Bertz CT molecular complexity index is 668. The number of ether oxygens (including phenoxy) is 2. The maximum atomic E-state index is 13.7. The van der Waals surface area contributed by atoms with E-state index in [4.69, 9.17) is 9.47 Å². The largest absolute Gasteiger partial charge is 0.466 e. The summed E-state index contributed by atoms with van der Waals surface area (Å²) in [4.78, 5) is 41.2. The molecule has 0 aromatic carbocycles. The van der Waals surface area contributed by atoms with Gasteiger partial charge in [0.1, 0.15) is 11.6 Å². The van der Waals surface area contributed by atoms with Crippen molar-refractivity contribution >= 4 is 17.8 Å². The van der Waals surface area contributed by atoms with E-state index >= 15 is 0 Å². The third-order valence-electron chi connectivity index (χ3n) is 6.72. The Labute approximate surface area is 178 Å². The van der Waals surface area contributed by atoms with Gasteiger partial charge in [0.2, 0.25) is 11.8 Å². The number of esters is 1. The highest BCUT2D eigenvalue weighted by Crippen LogP contribution is 2.59. The molecule has 8 heteroatoms. The first-order valence-corrected chi connectivity index (χ1v) is 11.4. The van der Waals surface area contributed by atoms with Crippen molar-refractivity contribution in [1.82, 2.24) is 10.2 Å². The van der Waals surface area contributed by atoms with Crippen LogP contribution in [0.5, 0.6) is 0 Å². The maximum absolute atomic E-state index is 13.7. The van der Waals surface area contributed by atoms with E-state index in [1.807, 2.05) is 20.8 Å². The standard InChI is InChI=1S/C22H36N2O6/c1-5-7-10-23-19(26)18-22-9-8-15(30-22)16(21(28)29-6-2)17(22)20(27)24(18)14(12-25)11-13(3)4/h13-18,25H,5-12H2,1-4H3,(H,23,26)/t14-,15+,16-,17-,18+,22-/m1/s1. The van der Waals surface area contributed by atoms with Crippen LogP contribution in [0.15, 0.2) is 0 Å². The minimum absolute atomic E-state index is 0.229. The van der Waals surface area contributed by atoms with Gasteiger partial charge in [0.25, 0.3) is 0 Å². The molecule has 0 aliphatic carbocycles. The van der Waals surface area contributed by atoms with Crippen molar-refractivity contribution < 1.29 is 29.0 Å². The second kappa shape index (κ2) is 9.22. The van der Waals surface area contributed by atoms with Crippen LogP contribution in [-0.4, -0.2) is 71.3 Å². The average Bonchev–Trinajstić information content (AvgIpc) is 3.33. The predicted octanol–water partition coefficient (Wildman–Crippen LogP) is 1.25. The summed E-state index contributed by atoms with van der Waals surface area (Å²) in [6.45, 7) is 8.32. The number of carbonyl (C=O) groups excluding carboxylic acids is 3. The molecule has 2 bridgehead atoms. The maximum Gasteiger partial charge on any atom is 0.312 e. The van der Waals surface area contributed by atoms with Crippen LogP contribution in [0.25, 0.3) is 0 Å². The predicted molar refractivity (Wildman–Crippen MR) is 109 cm³/mol. The van der Waals surface area contributed by atoms with E-state index in [0.29, 0.717) is 25.8 Å². The number of aliphatic hydroxyl groups excluding tert-OH is 1. The number of nitrogens with one attached hydrogen (secondary N) is 1. The molecule has 2 amide bonds. The molecule has 6 atom stereocenters. The third kappa shape index (κ3) is 3.73. The number of nitrogens with zero attached hydrogens (tertiary/aromatic N) is 1. The van der Waals surface area contributed by atoms with Gasteiger partial charge in [0.05, 0.1) is 37.2 Å². The van der Waals surface area contributed by atoms with E-state index in [1.165, 1.54) is 4.90 Å². The molecule has 0 saturated carbocycles. The molecule has 3 heterocycles. The van der Waals surface area contributed by atoms with Gasteiger partial charge in [-0.25, -0.2) is 0 Å². The molecule has 0 unspecified atom stereocenters. The molecule has 170 valence electrons. The van der Waals surface area contributed by atoms with E-state index in [-0.39, 0.29) is 30.9 Å². The van der Waals surface area contributed by atoms with Gasteiger partial charge in [-0.05, 0) is 38.5 Å². The number of unbranched alkanes of at least 4 members (excludes halogenated alkanes) is 1. The number of carbonyl (C=O) groups is 3. The van der Waals surface area contributed by atoms with E-state index in [2.05, 4.69) is 5.32 Å². The van der Waals surface area contributed by atoms with Crippen LogP contribution >= 0.6 is 0 Å². The van der Waals surface area contributed by atoms with Crippen molar-refractivity contribution in [3.8, 4) is 0 Å². The average molecular weight is 425 g/mol. The SMILES string of the molecule is CCCCNC(=O)[C@@H]1N([C@@H](CO)CC(C)C)C(=O)[C@H]2[C@H](C(=O)OCC)[C@@H]3CC[C@]12O3. The van der Waals surface area contributed by atoms with Crippen molar-refractivity contribution in [1.29, 1.82) is 0 Å². The van der Waals surface area contributed by atoms with Crippen LogP contribution in [0, 0.1) is 17.8 Å². The van der Waals surface area contributed by atoms with Crippen molar-refractivity contribution in [2.45, 2.75) is 83.6 Å². The molecule has 8 nitrogen and oxygen atoms in total. The minimum atomic E-state index is -1.03. The zero-order valence-electron chi connectivity index (χ0n) is 18.6. The summed E-state index contributed by atoms with van der Waals surface area (Å²) < 4.78 is 11.6. The number of amides is 2. The normalized spacial score (nSPS) is 33.1. The zero-order chi connectivity index (χ0) is 22.1. The van der Waals surface area contributed by atoms with Crippen LogP contribution in [0.3, 0.4) is 0 Å². The summed E-state index contributed by atoms with van der Waals surface area (Å²) >= 11 is 0. The fourth-order valence-corrected chi connectivity index (χ4v) is 5.60. The molecule has 3 saturated heterocycles. The van der Waals surface area contributed by atoms with Gasteiger partial charge < -0.3 is 24.8 Å². The number of hydrogen-bond donors (Lipinski definition) is 2. The molecule has 3 aliphatic rings. The third-order valence-corrected chi connectivity index (χ3v) is 6.72. The lowest BCUT2D eigenvalue weighted by molar-refractivity contribution is -0.155. The first-order valence-electron chi connectivity index (χ1n) is 11.4. The summed E-state index contributed by atoms with van der Waals surface area (Å²) in [6.07, 6.45) is 3.12. The number of rotatable bonds is 10. The van der Waals surface area contributed by atoms with E-state index in [0.717, 1.165) is 12.8 Å². The van der Waals surface area contributed by atoms with Crippen molar-refractivity contribution in [3.05, 3.63) is 0 Å². The molecule has 2 N–H and O–H groups in total. The Hall–Kier alpha value is -1.67. The van der Waals surface area contributed by atoms with Crippen LogP contribution in [-0.2, 0) is 23.9 Å². The summed E-state index contributed by atoms with van der Waals surface area (Å²) in [7, 11) is 0. The summed E-state index contributed by atoms with van der Waals surface area (Å²) in [6, 6.07) is -1.34. The molecule has 3 aliphatic heterocycles. The molecule has 0 radical (unpaired) electrons. The van der Waals surface area contributed by atoms with Crippen LogP contribution in [0.2, 0.25) is 0 Å². The lowest BCUT2D eigenvalue weighted by Gasteiger charge is -2.37. The summed E-state index contributed by atoms with van der Waals surface area (Å²) in [5.41, 5.74) is -1.03. The van der Waals surface area contributed by atoms with Crippen molar-refractivity contribution in [2.24, 2.45) is 17.8 Å². The first kappa shape index (κ1) is 23.0. The number of hydrogen-bond acceptors (Lipinski definition) is 6. The van der Waals surface area contributed by atoms with Gasteiger partial charge >= 0.3 is 5.97 Å². The number of likely N-dealkylation sites (tertiary alicyclic amines) is 1. The Kier molecular flexibility index (Phi) is 7.07. The molecular formula is C22H36N2O6. The zero-order valence-corrected chi connectivity index (χ0v) is 18.6. The molecule has 3 fully saturated rings. The van der Waals surface area contributed by atoms with Gasteiger partial charge in [-0.1, -0.05) is 27.2 Å². The number of fused-ring (bicyclic) bond motifs is 1. The number of aliphatic hydroxyl groups is 1. The lowest BCUT2D eigenvalue weighted by Crippen LogP contribution is -2.58. The Morgan fingerprint density at radius 1 is 1.37 bits per heavy atom. The Morgan fingerprint density at radius 2 is 2.10 bits per heavy atom. The highest BCUT2D eigenvalue weighted by molar-refractivity contribution is 5.98. The molecule has 3 rings (SSSR count).